The molecule has 1 N–H and O–H groups in total. The molecule has 162 valence electrons. The molecule has 1 aromatic heterocycles. The van der Waals surface area contributed by atoms with Gasteiger partial charge in [0.25, 0.3) is 11.5 Å². The van der Waals surface area contributed by atoms with E-state index in [4.69, 9.17) is 14.2 Å². The molecule has 0 radical (unpaired) electrons. The fraction of sp³-hybridized carbons (Fsp3) is 0.333. The van der Waals surface area contributed by atoms with Crippen LogP contribution in [0.25, 0.3) is 10.9 Å². The molecule has 1 aliphatic heterocycles. The summed E-state index contributed by atoms with van der Waals surface area (Å²) >= 11 is 0. The molecule has 1 aliphatic rings. The number of aromatic nitrogens is 1. The van der Waals surface area contributed by atoms with Gasteiger partial charge >= 0.3 is 0 Å². The third kappa shape index (κ3) is 4.56. The summed E-state index contributed by atoms with van der Waals surface area (Å²) in [6, 6.07) is 14.6. The number of carbonyl (C=O) groups is 1. The molecular weight excluding hydrogens is 396 g/mol. The van der Waals surface area contributed by atoms with Crippen molar-refractivity contribution >= 4 is 22.5 Å². The Kier molecular flexibility index (Phi) is 6.23. The maximum Gasteiger partial charge on any atom is 0.256 e. The Labute approximate surface area is 180 Å². The number of ether oxygens (including phenoxy) is 3. The van der Waals surface area contributed by atoms with Crippen LogP contribution in [0.4, 0.5) is 5.69 Å². The van der Waals surface area contributed by atoms with E-state index in [0.29, 0.717) is 42.2 Å². The number of methoxy groups -OCH3 is 1. The van der Waals surface area contributed by atoms with Crippen LogP contribution < -0.4 is 19.9 Å². The molecule has 1 atom stereocenters. The maximum atomic E-state index is 13.3. The summed E-state index contributed by atoms with van der Waals surface area (Å²) in [4.78, 5) is 30.5. The molecule has 0 spiro atoms. The largest absolute Gasteiger partial charge is 0.497 e. The van der Waals surface area contributed by atoms with Crippen molar-refractivity contribution in [3.8, 4) is 11.5 Å². The molecule has 0 aliphatic carbocycles. The summed E-state index contributed by atoms with van der Waals surface area (Å²) in [6.07, 6.45) is 1.04. The van der Waals surface area contributed by atoms with Crippen LogP contribution in [0.5, 0.6) is 11.5 Å². The SMILES string of the molecule is CCOc1ccc(N(Cc2cc3cc(OC)ccc3[nH]c2=O)C(=O)[C@@H]2CCCO2)cc1. The molecule has 1 fully saturated rings. The van der Waals surface area contributed by atoms with Gasteiger partial charge < -0.3 is 24.1 Å². The van der Waals surface area contributed by atoms with Crippen molar-refractivity contribution in [1.29, 1.82) is 0 Å². The summed E-state index contributed by atoms with van der Waals surface area (Å²) < 4.78 is 16.4. The zero-order valence-electron chi connectivity index (χ0n) is 17.7. The maximum absolute atomic E-state index is 13.3. The van der Waals surface area contributed by atoms with Gasteiger partial charge in [0.05, 0.1) is 20.3 Å². The van der Waals surface area contributed by atoms with E-state index in [1.54, 1.807) is 30.2 Å². The second-order valence-corrected chi connectivity index (χ2v) is 7.43. The molecule has 0 unspecified atom stereocenters. The topological polar surface area (TPSA) is 80.9 Å². The smallest absolute Gasteiger partial charge is 0.256 e. The predicted octanol–water partition coefficient (Wildman–Crippen LogP) is 3.65. The van der Waals surface area contributed by atoms with Crippen molar-refractivity contribution in [2.45, 2.75) is 32.4 Å². The van der Waals surface area contributed by atoms with Gasteiger partial charge in [-0.2, -0.15) is 0 Å². The highest BCUT2D eigenvalue weighted by Gasteiger charge is 2.30. The molecule has 1 saturated heterocycles. The van der Waals surface area contributed by atoms with Crippen LogP contribution in [-0.2, 0) is 16.1 Å². The number of nitrogens with one attached hydrogen (secondary N) is 1. The minimum atomic E-state index is -0.494. The molecule has 0 bridgehead atoms. The number of hydrogen-bond donors (Lipinski definition) is 1. The summed E-state index contributed by atoms with van der Waals surface area (Å²) in [5.74, 6) is 1.28. The lowest BCUT2D eigenvalue weighted by Crippen LogP contribution is -2.39. The van der Waals surface area contributed by atoms with Crippen LogP contribution in [0.3, 0.4) is 0 Å². The van der Waals surface area contributed by atoms with Gasteiger partial charge in [0.15, 0.2) is 0 Å². The van der Waals surface area contributed by atoms with Gasteiger partial charge in [0.2, 0.25) is 0 Å². The third-order valence-electron chi connectivity index (χ3n) is 5.39. The van der Waals surface area contributed by atoms with E-state index in [-0.39, 0.29) is 18.0 Å². The second-order valence-electron chi connectivity index (χ2n) is 7.43. The van der Waals surface area contributed by atoms with Crippen LogP contribution in [0.2, 0.25) is 0 Å². The van der Waals surface area contributed by atoms with Crippen LogP contribution in [0, 0.1) is 0 Å². The number of amides is 1. The number of benzene rings is 2. The van der Waals surface area contributed by atoms with Crippen molar-refractivity contribution in [3.63, 3.8) is 0 Å². The first-order chi connectivity index (χ1) is 15.1. The fourth-order valence-electron chi connectivity index (χ4n) is 3.78. The summed E-state index contributed by atoms with van der Waals surface area (Å²) in [5, 5.41) is 0.838. The van der Waals surface area contributed by atoms with E-state index in [0.717, 1.165) is 17.6 Å². The molecule has 2 aromatic carbocycles. The van der Waals surface area contributed by atoms with Gasteiger partial charge in [-0.15, -0.1) is 0 Å². The van der Waals surface area contributed by atoms with Gasteiger partial charge in [-0.25, -0.2) is 0 Å². The number of hydrogen-bond acceptors (Lipinski definition) is 5. The lowest BCUT2D eigenvalue weighted by atomic mass is 10.1. The van der Waals surface area contributed by atoms with E-state index in [1.165, 1.54) is 0 Å². The van der Waals surface area contributed by atoms with Gasteiger partial charge in [0, 0.05) is 28.8 Å². The Balaban J connectivity index is 1.70. The predicted molar refractivity (Wildman–Crippen MR) is 119 cm³/mol. The number of carbonyl (C=O) groups excluding carboxylic acids is 1. The average Bonchev–Trinajstić information content (AvgIpc) is 3.33. The van der Waals surface area contributed by atoms with E-state index in [2.05, 4.69) is 4.98 Å². The Bertz CT molecular complexity index is 1120. The Hall–Kier alpha value is -3.32. The highest BCUT2D eigenvalue weighted by atomic mass is 16.5. The third-order valence-corrected chi connectivity index (χ3v) is 5.39. The molecule has 3 aromatic rings. The normalized spacial score (nSPS) is 15.7. The van der Waals surface area contributed by atoms with Crippen molar-refractivity contribution in [3.05, 3.63) is 64.4 Å². The fourth-order valence-corrected chi connectivity index (χ4v) is 3.78. The number of pyridine rings is 1. The standard InChI is InChI=1S/C24H26N2O5/c1-3-30-19-8-6-18(7-9-19)26(24(28)22-5-4-12-31-22)15-17-13-16-14-20(29-2)10-11-21(16)25-23(17)27/h6-11,13-14,22H,3-5,12,15H2,1-2H3,(H,25,27)/t22-/m0/s1. The summed E-state index contributed by atoms with van der Waals surface area (Å²) in [5.41, 5.74) is 1.66. The number of nitrogens with zero attached hydrogens (tertiary/aromatic N) is 1. The number of aromatic amines is 1. The van der Waals surface area contributed by atoms with Crippen molar-refractivity contribution < 1.29 is 19.0 Å². The Morgan fingerprint density at radius 1 is 1.16 bits per heavy atom. The van der Waals surface area contributed by atoms with Crippen LogP contribution in [-0.4, -0.2) is 37.3 Å². The second kappa shape index (κ2) is 9.22. The monoisotopic (exact) mass is 422 g/mol. The molecule has 0 saturated carbocycles. The zero-order chi connectivity index (χ0) is 21.8. The first kappa shape index (κ1) is 20.9. The highest BCUT2D eigenvalue weighted by Crippen LogP contribution is 2.26. The van der Waals surface area contributed by atoms with E-state index in [9.17, 15) is 9.59 Å². The number of rotatable bonds is 7. The average molecular weight is 422 g/mol. The first-order valence-corrected chi connectivity index (χ1v) is 10.4. The first-order valence-electron chi connectivity index (χ1n) is 10.4. The highest BCUT2D eigenvalue weighted by molar-refractivity contribution is 5.96. The van der Waals surface area contributed by atoms with Crippen molar-refractivity contribution in [1.82, 2.24) is 4.98 Å². The summed E-state index contributed by atoms with van der Waals surface area (Å²) in [7, 11) is 1.60. The van der Waals surface area contributed by atoms with E-state index >= 15 is 0 Å². The van der Waals surface area contributed by atoms with Gasteiger partial charge in [-0.05, 0) is 68.3 Å². The molecule has 7 nitrogen and oxygen atoms in total. The van der Waals surface area contributed by atoms with Crippen LogP contribution in [0.15, 0.2) is 53.3 Å². The van der Waals surface area contributed by atoms with Gasteiger partial charge in [-0.1, -0.05) is 0 Å². The van der Waals surface area contributed by atoms with E-state index < -0.39 is 6.10 Å². The van der Waals surface area contributed by atoms with Gasteiger partial charge in [0.1, 0.15) is 17.6 Å². The number of fused-ring (bicyclic) bond motifs is 1. The lowest BCUT2D eigenvalue weighted by molar-refractivity contribution is -0.127. The lowest BCUT2D eigenvalue weighted by Gasteiger charge is -2.25. The zero-order valence-corrected chi connectivity index (χ0v) is 17.7. The molecular formula is C24H26N2O5. The molecule has 4 rings (SSSR count). The Morgan fingerprint density at radius 2 is 1.94 bits per heavy atom. The van der Waals surface area contributed by atoms with Crippen LogP contribution >= 0.6 is 0 Å². The van der Waals surface area contributed by atoms with Crippen molar-refractivity contribution in [2.75, 3.05) is 25.2 Å². The van der Waals surface area contributed by atoms with Crippen molar-refractivity contribution in [2.24, 2.45) is 0 Å². The van der Waals surface area contributed by atoms with Gasteiger partial charge in [-0.3, -0.25) is 9.59 Å². The summed E-state index contributed by atoms with van der Waals surface area (Å²) in [6.45, 7) is 3.19. The molecule has 1 amide bonds. The minimum absolute atomic E-state index is 0.134. The minimum Gasteiger partial charge on any atom is -0.497 e. The van der Waals surface area contributed by atoms with Crippen LogP contribution in [0.1, 0.15) is 25.3 Å². The molecule has 31 heavy (non-hydrogen) atoms. The quantitative estimate of drug-likeness (QED) is 0.629. The number of anilines is 1. The Morgan fingerprint density at radius 3 is 2.61 bits per heavy atom. The molecule has 7 heteroatoms. The number of H-pyrrole nitrogens is 1. The van der Waals surface area contributed by atoms with E-state index in [1.807, 2.05) is 37.3 Å². The molecule has 2 heterocycles.